The van der Waals surface area contributed by atoms with Crippen LogP contribution in [0.5, 0.6) is 0 Å². The van der Waals surface area contributed by atoms with Gasteiger partial charge in [-0.25, -0.2) is 0 Å². The lowest BCUT2D eigenvalue weighted by atomic mass is 9.79. The molecule has 0 aromatic rings. The maximum atomic E-state index is 9.73. The minimum atomic E-state index is 0.138. The van der Waals surface area contributed by atoms with Crippen molar-refractivity contribution in [2.45, 2.75) is 50.5 Å². The molecule has 0 spiro atoms. The van der Waals surface area contributed by atoms with Gasteiger partial charge in [0, 0.05) is 5.92 Å². The van der Waals surface area contributed by atoms with Gasteiger partial charge in [0.15, 0.2) is 0 Å². The SMILES string of the molecule is C[C@@H]1O[C@H]2CCC[C@H]3OCN(O)[C@@H]1[C@@H]23. The highest BCUT2D eigenvalue weighted by molar-refractivity contribution is 5.00. The topological polar surface area (TPSA) is 41.9 Å². The predicted molar refractivity (Wildman–Crippen MR) is 48.8 cm³/mol. The third kappa shape index (κ3) is 1.15. The first-order valence-corrected chi connectivity index (χ1v) is 5.50. The Morgan fingerprint density at radius 1 is 1.29 bits per heavy atom. The van der Waals surface area contributed by atoms with Crippen molar-refractivity contribution in [2.24, 2.45) is 5.92 Å². The molecular formula is C10H17NO3. The molecule has 3 fully saturated rings. The van der Waals surface area contributed by atoms with Crippen molar-refractivity contribution in [2.75, 3.05) is 6.73 Å². The van der Waals surface area contributed by atoms with Crippen LogP contribution < -0.4 is 0 Å². The lowest BCUT2D eigenvalue weighted by Gasteiger charge is -2.42. The van der Waals surface area contributed by atoms with E-state index in [-0.39, 0.29) is 12.1 Å². The third-order valence-corrected chi connectivity index (χ3v) is 3.87. The van der Waals surface area contributed by atoms with Gasteiger partial charge in [-0.1, -0.05) is 0 Å². The van der Waals surface area contributed by atoms with E-state index < -0.39 is 0 Å². The van der Waals surface area contributed by atoms with Crippen molar-refractivity contribution < 1.29 is 14.7 Å². The third-order valence-electron chi connectivity index (χ3n) is 3.87. The fraction of sp³-hybridized carbons (Fsp3) is 1.00. The van der Waals surface area contributed by atoms with Gasteiger partial charge in [0.2, 0.25) is 0 Å². The molecule has 0 bridgehead atoms. The molecule has 14 heavy (non-hydrogen) atoms. The average molecular weight is 199 g/mol. The van der Waals surface area contributed by atoms with Gasteiger partial charge in [0.1, 0.15) is 6.73 Å². The Labute approximate surface area is 83.7 Å². The van der Waals surface area contributed by atoms with Gasteiger partial charge >= 0.3 is 0 Å². The molecule has 0 amide bonds. The van der Waals surface area contributed by atoms with E-state index in [2.05, 4.69) is 6.92 Å². The average Bonchev–Trinajstić information content (AvgIpc) is 2.51. The standard InChI is InChI=1S/C10H17NO3/c1-6-10-9-7(13-5-11(10)12)3-2-4-8(9)14-6/h6-10,12H,2-5H2,1H3/t6-,7+,8-,9+,10-/m0/s1. The Morgan fingerprint density at radius 3 is 2.93 bits per heavy atom. The zero-order valence-corrected chi connectivity index (χ0v) is 8.43. The first-order valence-electron chi connectivity index (χ1n) is 5.50. The zero-order chi connectivity index (χ0) is 9.71. The van der Waals surface area contributed by atoms with Crippen LogP contribution >= 0.6 is 0 Å². The summed E-state index contributed by atoms with van der Waals surface area (Å²) in [6.07, 6.45) is 4.20. The molecule has 0 aromatic carbocycles. The van der Waals surface area contributed by atoms with Crippen LogP contribution in [0.15, 0.2) is 0 Å². The molecule has 1 saturated carbocycles. The molecule has 4 nitrogen and oxygen atoms in total. The van der Waals surface area contributed by atoms with Crippen molar-refractivity contribution in [3.05, 3.63) is 0 Å². The van der Waals surface area contributed by atoms with Crippen molar-refractivity contribution >= 4 is 0 Å². The molecule has 2 heterocycles. The summed E-state index contributed by atoms with van der Waals surface area (Å²) in [6.45, 7) is 2.39. The fourth-order valence-electron chi connectivity index (χ4n) is 3.31. The minimum Gasteiger partial charge on any atom is -0.373 e. The van der Waals surface area contributed by atoms with Crippen molar-refractivity contribution in [1.82, 2.24) is 5.06 Å². The highest BCUT2D eigenvalue weighted by Crippen LogP contribution is 2.43. The van der Waals surface area contributed by atoms with E-state index in [1.807, 2.05) is 0 Å². The molecule has 2 aliphatic heterocycles. The van der Waals surface area contributed by atoms with Gasteiger partial charge in [0.25, 0.3) is 0 Å². The van der Waals surface area contributed by atoms with E-state index in [9.17, 15) is 5.21 Å². The molecule has 80 valence electrons. The molecule has 4 heteroatoms. The van der Waals surface area contributed by atoms with Crippen LogP contribution in [-0.2, 0) is 9.47 Å². The van der Waals surface area contributed by atoms with Crippen molar-refractivity contribution in [1.29, 1.82) is 0 Å². The Kier molecular flexibility index (Phi) is 2.06. The van der Waals surface area contributed by atoms with Crippen LogP contribution in [0.1, 0.15) is 26.2 Å². The summed E-state index contributed by atoms with van der Waals surface area (Å²) in [5.41, 5.74) is 0. The van der Waals surface area contributed by atoms with E-state index in [4.69, 9.17) is 9.47 Å². The number of nitrogens with zero attached hydrogens (tertiary/aromatic N) is 1. The number of rotatable bonds is 0. The van der Waals surface area contributed by atoms with Crippen molar-refractivity contribution in [3.8, 4) is 0 Å². The normalized spacial score (nSPS) is 53.1. The lowest BCUT2D eigenvalue weighted by Crippen LogP contribution is -2.54. The Morgan fingerprint density at radius 2 is 2.07 bits per heavy atom. The van der Waals surface area contributed by atoms with Crippen LogP contribution in [-0.4, -0.2) is 41.4 Å². The van der Waals surface area contributed by atoms with Gasteiger partial charge in [-0.2, -0.15) is 5.06 Å². The van der Waals surface area contributed by atoms with Gasteiger partial charge in [-0.15, -0.1) is 0 Å². The summed E-state index contributed by atoms with van der Waals surface area (Å²) in [4.78, 5) is 0. The summed E-state index contributed by atoms with van der Waals surface area (Å²) < 4.78 is 11.5. The summed E-state index contributed by atoms with van der Waals surface area (Å²) in [5.74, 6) is 0.387. The van der Waals surface area contributed by atoms with Crippen LogP contribution in [0.25, 0.3) is 0 Å². The van der Waals surface area contributed by atoms with E-state index in [1.54, 1.807) is 0 Å². The molecule has 2 saturated heterocycles. The van der Waals surface area contributed by atoms with E-state index >= 15 is 0 Å². The summed E-state index contributed by atoms with van der Waals surface area (Å²) in [6, 6.07) is 0.152. The van der Waals surface area contributed by atoms with E-state index in [0.717, 1.165) is 12.8 Å². The molecule has 1 N–H and O–H groups in total. The predicted octanol–water partition coefficient (Wildman–Crippen LogP) is 0.990. The van der Waals surface area contributed by atoms with E-state index in [1.165, 1.54) is 11.5 Å². The van der Waals surface area contributed by atoms with Gasteiger partial charge in [0.05, 0.1) is 24.4 Å². The van der Waals surface area contributed by atoms with E-state index in [0.29, 0.717) is 24.9 Å². The highest BCUT2D eigenvalue weighted by Gasteiger charge is 2.53. The first kappa shape index (κ1) is 9.09. The summed E-state index contributed by atoms with van der Waals surface area (Å²) in [7, 11) is 0. The number of hydrogen-bond donors (Lipinski definition) is 1. The second-order valence-electron chi connectivity index (χ2n) is 4.65. The monoisotopic (exact) mass is 199 g/mol. The zero-order valence-electron chi connectivity index (χ0n) is 8.43. The molecule has 5 atom stereocenters. The molecule has 0 radical (unpaired) electrons. The summed E-state index contributed by atoms with van der Waals surface area (Å²) >= 11 is 0. The molecule has 3 aliphatic rings. The lowest BCUT2D eigenvalue weighted by molar-refractivity contribution is -0.259. The van der Waals surface area contributed by atoms with Crippen molar-refractivity contribution in [3.63, 3.8) is 0 Å². The molecule has 0 unspecified atom stereocenters. The van der Waals surface area contributed by atoms with Crippen LogP contribution in [0, 0.1) is 5.92 Å². The van der Waals surface area contributed by atoms with Gasteiger partial charge in [-0.3, -0.25) is 0 Å². The molecule has 1 aliphatic carbocycles. The fourth-order valence-corrected chi connectivity index (χ4v) is 3.31. The van der Waals surface area contributed by atoms with Crippen LogP contribution in [0.2, 0.25) is 0 Å². The quantitative estimate of drug-likeness (QED) is 0.631. The van der Waals surface area contributed by atoms with Crippen LogP contribution in [0.3, 0.4) is 0 Å². The number of hydroxylamine groups is 2. The number of ether oxygens (including phenoxy) is 2. The van der Waals surface area contributed by atoms with Crippen LogP contribution in [0.4, 0.5) is 0 Å². The second kappa shape index (κ2) is 3.17. The smallest absolute Gasteiger partial charge is 0.122 e. The molecule has 0 aromatic heterocycles. The summed E-state index contributed by atoms with van der Waals surface area (Å²) in [5, 5.41) is 11.0. The minimum absolute atomic E-state index is 0.138. The first-order chi connectivity index (χ1) is 6.77. The second-order valence-corrected chi connectivity index (χ2v) is 4.65. The molecule has 3 rings (SSSR count). The molecular weight excluding hydrogens is 182 g/mol. The maximum absolute atomic E-state index is 9.73. The number of hydrogen-bond acceptors (Lipinski definition) is 4. The Hall–Kier alpha value is -0.160. The largest absolute Gasteiger partial charge is 0.373 e. The Bertz CT molecular complexity index is 229. The Balaban J connectivity index is 1.89. The maximum Gasteiger partial charge on any atom is 0.122 e. The van der Waals surface area contributed by atoms with Gasteiger partial charge < -0.3 is 14.7 Å². The van der Waals surface area contributed by atoms with Gasteiger partial charge in [-0.05, 0) is 26.2 Å². The highest BCUT2D eigenvalue weighted by atomic mass is 16.6.